The number of halogens is 2. The molecule has 1 N–H and O–H groups in total. The molecule has 32 heavy (non-hydrogen) atoms. The van der Waals surface area contributed by atoms with Crippen molar-refractivity contribution in [2.45, 2.75) is 0 Å². The van der Waals surface area contributed by atoms with E-state index in [1.807, 2.05) is 36.4 Å². The summed E-state index contributed by atoms with van der Waals surface area (Å²) < 4.78 is 17.3. The maximum absolute atomic E-state index is 12.7. The van der Waals surface area contributed by atoms with Crippen molar-refractivity contribution in [3.05, 3.63) is 87.9 Å². The fourth-order valence-electron chi connectivity index (χ4n) is 3.21. The van der Waals surface area contributed by atoms with Gasteiger partial charge in [-0.3, -0.25) is 4.79 Å². The van der Waals surface area contributed by atoms with E-state index in [0.29, 0.717) is 39.3 Å². The summed E-state index contributed by atoms with van der Waals surface area (Å²) in [7, 11) is 3.06. The van der Waals surface area contributed by atoms with Crippen LogP contribution >= 0.6 is 27.5 Å². The van der Waals surface area contributed by atoms with Crippen LogP contribution in [-0.4, -0.2) is 20.1 Å². The Labute approximate surface area is 199 Å². The molecule has 0 atom stereocenters. The number of rotatable bonds is 6. The number of fused-ring (bicyclic) bond motifs is 1. The number of benzene rings is 4. The Kier molecular flexibility index (Phi) is 6.53. The van der Waals surface area contributed by atoms with Crippen LogP contribution in [0.4, 0.5) is 5.69 Å². The second-order valence-electron chi connectivity index (χ2n) is 6.90. The van der Waals surface area contributed by atoms with Gasteiger partial charge in [0, 0.05) is 17.3 Å². The minimum atomic E-state index is -0.316. The lowest BCUT2D eigenvalue weighted by atomic mass is 10.1. The minimum absolute atomic E-state index is 0.316. The molecule has 0 aromatic heterocycles. The third-order valence-electron chi connectivity index (χ3n) is 4.85. The first-order valence-corrected chi connectivity index (χ1v) is 10.8. The number of anilines is 1. The second-order valence-corrected chi connectivity index (χ2v) is 8.10. The van der Waals surface area contributed by atoms with Gasteiger partial charge >= 0.3 is 0 Å². The van der Waals surface area contributed by atoms with Gasteiger partial charge < -0.3 is 19.5 Å². The third-order valence-corrected chi connectivity index (χ3v) is 5.96. The minimum Gasteiger partial charge on any atom is -0.497 e. The van der Waals surface area contributed by atoms with Gasteiger partial charge in [0.05, 0.1) is 23.7 Å². The van der Waals surface area contributed by atoms with Crippen LogP contribution in [-0.2, 0) is 0 Å². The topological polar surface area (TPSA) is 56.8 Å². The molecule has 0 aliphatic carbocycles. The second kappa shape index (κ2) is 9.51. The number of carbonyl (C=O) groups is 1. The van der Waals surface area contributed by atoms with Crippen LogP contribution < -0.4 is 19.5 Å². The largest absolute Gasteiger partial charge is 0.497 e. The van der Waals surface area contributed by atoms with Crippen LogP contribution in [0.15, 0.2) is 77.3 Å². The van der Waals surface area contributed by atoms with Crippen molar-refractivity contribution < 1.29 is 19.0 Å². The third kappa shape index (κ3) is 4.66. The number of nitrogens with one attached hydrogen (secondary N) is 1. The Hall–Kier alpha value is -3.22. The molecule has 162 valence electrons. The Morgan fingerprint density at radius 2 is 1.56 bits per heavy atom. The van der Waals surface area contributed by atoms with Crippen LogP contribution in [0.5, 0.6) is 23.0 Å². The van der Waals surface area contributed by atoms with Gasteiger partial charge in [-0.1, -0.05) is 41.9 Å². The van der Waals surface area contributed by atoms with E-state index in [9.17, 15) is 4.79 Å². The number of methoxy groups -OCH3 is 2. The van der Waals surface area contributed by atoms with Crippen molar-refractivity contribution in [1.82, 2.24) is 0 Å². The first-order valence-electron chi connectivity index (χ1n) is 9.67. The van der Waals surface area contributed by atoms with E-state index in [0.717, 1.165) is 15.2 Å². The van der Waals surface area contributed by atoms with Gasteiger partial charge in [0.1, 0.15) is 23.0 Å². The average Bonchev–Trinajstić information content (AvgIpc) is 2.82. The van der Waals surface area contributed by atoms with Crippen molar-refractivity contribution in [2.24, 2.45) is 0 Å². The molecule has 0 bridgehead atoms. The first kappa shape index (κ1) is 22.0. The van der Waals surface area contributed by atoms with E-state index in [-0.39, 0.29) is 5.91 Å². The number of carbonyl (C=O) groups excluding carboxylic acids is 1. The summed E-state index contributed by atoms with van der Waals surface area (Å²) in [4.78, 5) is 12.7. The lowest BCUT2D eigenvalue weighted by Gasteiger charge is -2.13. The van der Waals surface area contributed by atoms with Gasteiger partial charge in [0.25, 0.3) is 5.91 Å². The van der Waals surface area contributed by atoms with E-state index in [1.165, 1.54) is 14.2 Å². The maximum Gasteiger partial charge on any atom is 0.255 e. The summed E-state index contributed by atoms with van der Waals surface area (Å²) in [6.07, 6.45) is 0. The van der Waals surface area contributed by atoms with E-state index in [4.69, 9.17) is 25.8 Å². The van der Waals surface area contributed by atoms with Crippen molar-refractivity contribution in [3.8, 4) is 23.0 Å². The highest BCUT2D eigenvalue weighted by Crippen LogP contribution is 2.38. The molecule has 0 fully saturated rings. The Morgan fingerprint density at radius 1 is 0.875 bits per heavy atom. The Morgan fingerprint density at radius 3 is 2.25 bits per heavy atom. The van der Waals surface area contributed by atoms with Gasteiger partial charge in [-0.05, 0) is 63.1 Å². The first-order chi connectivity index (χ1) is 15.5. The summed E-state index contributed by atoms with van der Waals surface area (Å²) in [5.74, 6) is 1.85. The van der Waals surface area contributed by atoms with Crippen LogP contribution in [0.1, 0.15) is 10.4 Å². The highest BCUT2D eigenvalue weighted by atomic mass is 79.9. The van der Waals surface area contributed by atoms with Gasteiger partial charge in [-0.15, -0.1) is 0 Å². The van der Waals surface area contributed by atoms with Crippen molar-refractivity contribution in [3.63, 3.8) is 0 Å². The molecule has 0 radical (unpaired) electrons. The van der Waals surface area contributed by atoms with E-state index in [2.05, 4.69) is 21.2 Å². The van der Waals surface area contributed by atoms with Crippen molar-refractivity contribution >= 4 is 49.9 Å². The molecule has 5 nitrogen and oxygen atoms in total. The monoisotopic (exact) mass is 511 g/mol. The van der Waals surface area contributed by atoms with Crippen LogP contribution in [0, 0.1) is 0 Å². The molecule has 0 heterocycles. The van der Waals surface area contributed by atoms with E-state index in [1.54, 1.807) is 36.4 Å². The highest BCUT2D eigenvalue weighted by Gasteiger charge is 2.13. The summed E-state index contributed by atoms with van der Waals surface area (Å²) in [5, 5.41) is 5.34. The summed E-state index contributed by atoms with van der Waals surface area (Å²) >= 11 is 10.1. The molecule has 0 aliphatic rings. The van der Waals surface area contributed by atoms with E-state index >= 15 is 0 Å². The highest BCUT2D eigenvalue weighted by molar-refractivity contribution is 9.10. The molecule has 1 amide bonds. The predicted molar refractivity (Wildman–Crippen MR) is 131 cm³/mol. The van der Waals surface area contributed by atoms with Crippen LogP contribution in [0.25, 0.3) is 10.8 Å². The molecule has 0 spiro atoms. The molecule has 4 aromatic rings. The lowest BCUT2D eigenvalue weighted by molar-refractivity contribution is 0.102. The van der Waals surface area contributed by atoms with Gasteiger partial charge in [-0.2, -0.15) is 0 Å². The summed E-state index contributed by atoms with van der Waals surface area (Å²) in [6, 6.07) is 21.9. The molecule has 0 saturated heterocycles. The van der Waals surface area contributed by atoms with E-state index < -0.39 is 0 Å². The standard InChI is InChI=1S/C25H19BrClNO4/c1-30-18-11-16(12-19(14-18)31-2)25(29)28-17-8-10-22(21(27)13-17)32-23-9-7-15-5-3-4-6-20(15)24(23)26/h3-14H,1-2H3,(H,28,29). The summed E-state index contributed by atoms with van der Waals surface area (Å²) in [5.41, 5.74) is 0.935. The fourth-order valence-corrected chi connectivity index (χ4v) is 4.01. The number of hydrogen-bond acceptors (Lipinski definition) is 4. The Balaban J connectivity index is 1.54. The zero-order valence-electron chi connectivity index (χ0n) is 17.3. The number of hydrogen-bond donors (Lipinski definition) is 1. The number of amides is 1. The molecular formula is C25H19BrClNO4. The normalized spacial score (nSPS) is 10.6. The van der Waals surface area contributed by atoms with Gasteiger partial charge in [0.15, 0.2) is 0 Å². The van der Waals surface area contributed by atoms with Crippen LogP contribution in [0.2, 0.25) is 5.02 Å². The summed E-state index contributed by atoms with van der Waals surface area (Å²) in [6.45, 7) is 0. The maximum atomic E-state index is 12.7. The molecule has 0 aliphatic heterocycles. The molecule has 4 rings (SSSR count). The zero-order chi connectivity index (χ0) is 22.7. The van der Waals surface area contributed by atoms with Crippen LogP contribution in [0.3, 0.4) is 0 Å². The zero-order valence-corrected chi connectivity index (χ0v) is 19.7. The molecule has 0 unspecified atom stereocenters. The average molecular weight is 513 g/mol. The SMILES string of the molecule is COc1cc(OC)cc(C(=O)Nc2ccc(Oc3ccc4ccccc4c3Br)c(Cl)c2)c1. The van der Waals surface area contributed by atoms with Crippen molar-refractivity contribution in [2.75, 3.05) is 19.5 Å². The van der Waals surface area contributed by atoms with Crippen molar-refractivity contribution in [1.29, 1.82) is 0 Å². The number of ether oxygens (including phenoxy) is 3. The molecule has 0 saturated carbocycles. The van der Waals surface area contributed by atoms with Gasteiger partial charge in [0.2, 0.25) is 0 Å². The predicted octanol–water partition coefficient (Wildman–Crippen LogP) is 7.32. The molecule has 4 aromatic carbocycles. The smallest absolute Gasteiger partial charge is 0.255 e. The van der Waals surface area contributed by atoms with Gasteiger partial charge in [-0.25, -0.2) is 0 Å². The Bertz CT molecular complexity index is 1290. The molecular weight excluding hydrogens is 494 g/mol. The fraction of sp³-hybridized carbons (Fsp3) is 0.0800. The molecule has 7 heteroatoms. The quantitative estimate of drug-likeness (QED) is 0.294. The lowest BCUT2D eigenvalue weighted by Crippen LogP contribution is -2.12.